The van der Waals surface area contributed by atoms with Gasteiger partial charge in [-0.15, -0.1) is 0 Å². The van der Waals surface area contributed by atoms with E-state index in [2.05, 4.69) is 10.6 Å². The van der Waals surface area contributed by atoms with Gasteiger partial charge in [0.1, 0.15) is 11.7 Å². The van der Waals surface area contributed by atoms with Crippen molar-refractivity contribution >= 4 is 24.6 Å². The molecule has 0 saturated heterocycles. The Kier molecular flexibility index (Phi) is 7.60. The standard InChI is InChI=1S/C20H25BN2O5/c1-13-4-6-15(7-5-13)12-18(21(26)27)23-20(25)14(2)19(24)22-16-8-10-17(28-3)11-9-16/h4-11,14,18,26-27H,12H2,1-3H3,(H,22,24)(H,23,25)/t14?,18-/m0/s1. The SMILES string of the molecule is COc1ccc(NC(=O)C(C)C(=O)N[C@@H](Cc2ccc(C)cc2)B(O)O)cc1. The van der Waals surface area contributed by atoms with Gasteiger partial charge in [-0.2, -0.15) is 0 Å². The Bertz CT molecular complexity index is 793. The molecule has 2 rings (SSSR count). The molecule has 2 aromatic carbocycles. The average Bonchev–Trinajstić information content (AvgIpc) is 2.68. The Balaban J connectivity index is 1.96. The fourth-order valence-electron chi connectivity index (χ4n) is 2.56. The summed E-state index contributed by atoms with van der Waals surface area (Å²) in [4.78, 5) is 24.7. The second kappa shape index (κ2) is 9.91. The lowest BCUT2D eigenvalue weighted by Gasteiger charge is -2.20. The van der Waals surface area contributed by atoms with E-state index in [0.29, 0.717) is 11.4 Å². The first-order valence-corrected chi connectivity index (χ1v) is 8.97. The summed E-state index contributed by atoms with van der Waals surface area (Å²) in [7, 11) is -0.204. The van der Waals surface area contributed by atoms with Crippen LogP contribution in [0.25, 0.3) is 0 Å². The molecule has 0 aliphatic carbocycles. The molecule has 148 valence electrons. The molecule has 0 saturated carbocycles. The van der Waals surface area contributed by atoms with Gasteiger partial charge in [0.05, 0.1) is 13.1 Å². The minimum Gasteiger partial charge on any atom is -0.497 e. The van der Waals surface area contributed by atoms with Crippen LogP contribution in [0.3, 0.4) is 0 Å². The Morgan fingerprint density at radius 3 is 2.18 bits per heavy atom. The normalized spacial score (nSPS) is 12.6. The lowest BCUT2D eigenvalue weighted by molar-refractivity contribution is -0.132. The molecule has 0 aromatic heterocycles. The predicted molar refractivity (Wildman–Crippen MR) is 108 cm³/mol. The summed E-state index contributed by atoms with van der Waals surface area (Å²) in [5, 5.41) is 24.4. The number of hydrogen-bond acceptors (Lipinski definition) is 5. The minimum absolute atomic E-state index is 0.233. The molecule has 28 heavy (non-hydrogen) atoms. The molecule has 0 heterocycles. The van der Waals surface area contributed by atoms with Gasteiger partial charge >= 0.3 is 7.12 Å². The number of anilines is 1. The maximum atomic E-state index is 12.4. The third-order valence-corrected chi connectivity index (χ3v) is 4.41. The van der Waals surface area contributed by atoms with Gasteiger partial charge in [0.2, 0.25) is 11.8 Å². The summed E-state index contributed by atoms with van der Waals surface area (Å²) in [5.41, 5.74) is 2.46. The van der Waals surface area contributed by atoms with Crippen LogP contribution < -0.4 is 15.4 Å². The molecule has 2 atom stereocenters. The third kappa shape index (κ3) is 6.11. The number of rotatable bonds is 8. The lowest BCUT2D eigenvalue weighted by atomic mass is 9.75. The van der Waals surface area contributed by atoms with Crippen molar-refractivity contribution < 1.29 is 24.4 Å². The lowest BCUT2D eigenvalue weighted by Crippen LogP contribution is -2.50. The van der Waals surface area contributed by atoms with Gasteiger partial charge in [-0.3, -0.25) is 9.59 Å². The van der Waals surface area contributed by atoms with E-state index < -0.39 is 30.8 Å². The molecule has 2 aromatic rings. The molecular formula is C20H25BN2O5. The van der Waals surface area contributed by atoms with Crippen molar-refractivity contribution in [2.24, 2.45) is 5.92 Å². The molecule has 1 unspecified atom stereocenters. The number of ether oxygens (including phenoxy) is 1. The first kappa shape index (κ1) is 21.5. The quantitative estimate of drug-likeness (QED) is 0.406. The highest BCUT2D eigenvalue weighted by Crippen LogP contribution is 2.16. The van der Waals surface area contributed by atoms with Crippen molar-refractivity contribution in [3.63, 3.8) is 0 Å². The summed E-state index contributed by atoms with van der Waals surface area (Å²) >= 11 is 0. The Hall–Kier alpha value is -2.84. The van der Waals surface area contributed by atoms with Gasteiger partial charge in [0.15, 0.2) is 0 Å². The number of hydrogen-bond donors (Lipinski definition) is 4. The van der Waals surface area contributed by atoms with Gasteiger partial charge in [-0.1, -0.05) is 29.8 Å². The zero-order chi connectivity index (χ0) is 20.7. The topological polar surface area (TPSA) is 108 Å². The van der Waals surface area contributed by atoms with E-state index >= 15 is 0 Å². The summed E-state index contributed by atoms with van der Waals surface area (Å²) in [6.45, 7) is 3.41. The van der Waals surface area contributed by atoms with E-state index in [0.717, 1.165) is 11.1 Å². The third-order valence-electron chi connectivity index (χ3n) is 4.41. The Morgan fingerprint density at radius 2 is 1.64 bits per heavy atom. The first-order valence-electron chi connectivity index (χ1n) is 8.97. The Morgan fingerprint density at radius 1 is 1.04 bits per heavy atom. The number of amides is 2. The largest absolute Gasteiger partial charge is 0.497 e. The zero-order valence-corrected chi connectivity index (χ0v) is 16.2. The highest BCUT2D eigenvalue weighted by atomic mass is 16.5. The van der Waals surface area contributed by atoms with E-state index in [1.807, 2.05) is 31.2 Å². The van der Waals surface area contributed by atoms with Crippen LogP contribution in [0.2, 0.25) is 0 Å². The molecular weight excluding hydrogens is 359 g/mol. The van der Waals surface area contributed by atoms with Gasteiger partial charge in [-0.25, -0.2) is 0 Å². The van der Waals surface area contributed by atoms with Gasteiger partial charge in [0.25, 0.3) is 0 Å². The van der Waals surface area contributed by atoms with Crippen molar-refractivity contribution in [1.29, 1.82) is 0 Å². The van der Waals surface area contributed by atoms with E-state index in [-0.39, 0.29) is 6.42 Å². The summed E-state index contributed by atoms with van der Waals surface area (Å²) in [5.74, 6) is -2.37. The summed E-state index contributed by atoms with van der Waals surface area (Å²) < 4.78 is 5.06. The van der Waals surface area contributed by atoms with Crippen LogP contribution >= 0.6 is 0 Å². The summed E-state index contributed by atoms with van der Waals surface area (Å²) in [6.07, 6.45) is 0.233. The van der Waals surface area contributed by atoms with Crippen LogP contribution in [-0.2, 0) is 16.0 Å². The fraction of sp³-hybridized carbons (Fsp3) is 0.300. The molecule has 0 bridgehead atoms. The second-order valence-corrected chi connectivity index (χ2v) is 6.66. The van der Waals surface area contributed by atoms with Crippen molar-refractivity contribution in [3.8, 4) is 5.75 Å². The molecule has 8 heteroatoms. The van der Waals surface area contributed by atoms with Crippen LogP contribution in [-0.4, -0.2) is 42.0 Å². The van der Waals surface area contributed by atoms with Crippen molar-refractivity contribution in [3.05, 3.63) is 59.7 Å². The smallest absolute Gasteiger partial charge is 0.475 e. The first-order chi connectivity index (χ1) is 13.3. The van der Waals surface area contributed by atoms with Gasteiger partial charge < -0.3 is 25.4 Å². The van der Waals surface area contributed by atoms with E-state index in [1.165, 1.54) is 6.92 Å². The van der Waals surface area contributed by atoms with E-state index in [4.69, 9.17) is 4.74 Å². The molecule has 4 N–H and O–H groups in total. The summed E-state index contributed by atoms with van der Waals surface area (Å²) in [6, 6.07) is 14.2. The van der Waals surface area contributed by atoms with Crippen LogP contribution in [0, 0.1) is 12.8 Å². The highest BCUT2D eigenvalue weighted by Gasteiger charge is 2.29. The molecule has 2 amide bonds. The molecule has 7 nitrogen and oxygen atoms in total. The van der Waals surface area contributed by atoms with Crippen molar-refractivity contribution in [2.45, 2.75) is 26.2 Å². The van der Waals surface area contributed by atoms with Crippen LogP contribution in [0.1, 0.15) is 18.1 Å². The number of carbonyl (C=O) groups excluding carboxylic acids is 2. The maximum absolute atomic E-state index is 12.4. The van der Waals surface area contributed by atoms with E-state index in [9.17, 15) is 19.6 Å². The van der Waals surface area contributed by atoms with Crippen molar-refractivity contribution in [1.82, 2.24) is 5.32 Å². The van der Waals surface area contributed by atoms with Crippen LogP contribution in [0.5, 0.6) is 5.75 Å². The Labute approximate surface area is 164 Å². The van der Waals surface area contributed by atoms with Crippen LogP contribution in [0.4, 0.5) is 5.69 Å². The number of methoxy groups -OCH3 is 1. The van der Waals surface area contributed by atoms with E-state index in [1.54, 1.807) is 31.4 Å². The molecule has 0 aliphatic heterocycles. The minimum atomic E-state index is -1.75. The maximum Gasteiger partial charge on any atom is 0.475 e. The number of carbonyl (C=O) groups is 2. The predicted octanol–water partition coefficient (Wildman–Crippen LogP) is 1.32. The number of nitrogens with one attached hydrogen (secondary N) is 2. The highest BCUT2D eigenvalue weighted by molar-refractivity contribution is 6.43. The van der Waals surface area contributed by atoms with Gasteiger partial charge in [0, 0.05) is 5.69 Å². The molecule has 0 fully saturated rings. The molecule has 0 aliphatic rings. The molecule has 0 spiro atoms. The zero-order valence-electron chi connectivity index (χ0n) is 16.2. The average molecular weight is 384 g/mol. The number of benzene rings is 2. The van der Waals surface area contributed by atoms with Gasteiger partial charge in [-0.05, 0) is 50.1 Å². The monoisotopic (exact) mass is 384 g/mol. The van der Waals surface area contributed by atoms with Crippen LogP contribution in [0.15, 0.2) is 48.5 Å². The second-order valence-electron chi connectivity index (χ2n) is 6.66. The fourth-order valence-corrected chi connectivity index (χ4v) is 2.56. The molecule has 0 radical (unpaired) electrons. The number of aryl methyl sites for hydroxylation is 1. The van der Waals surface area contributed by atoms with Crippen molar-refractivity contribution in [2.75, 3.05) is 12.4 Å².